The zero-order valence-corrected chi connectivity index (χ0v) is 13.8. The molecule has 4 rings (SSSR count). The minimum Gasteiger partial charge on any atom is -0.384 e. The number of piperidine rings is 1. The van der Waals surface area contributed by atoms with E-state index in [0.717, 1.165) is 37.5 Å². The van der Waals surface area contributed by atoms with E-state index in [1.54, 1.807) is 6.20 Å². The van der Waals surface area contributed by atoms with Crippen LogP contribution in [0, 0.1) is 11.8 Å². The fourth-order valence-electron chi connectivity index (χ4n) is 5.18. The maximum absolute atomic E-state index is 11.6. The van der Waals surface area contributed by atoms with E-state index in [9.17, 15) is 5.11 Å². The quantitative estimate of drug-likeness (QED) is 0.846. The van der Waals surface area contributed by atoms with Crippen LogP contribution in [0.5, 0.6) is 0 Å². The van der Waals surface area contributed by atoms with Crippen molar-refractivity contribution in [1.29, 1.82) is 0 Å². The van der Waals surface area contributed by atoms with Gasteiger partial charge < -0.3 is 5.11 Å². The number of hydrogen-bond donors (Lipinski definition) is 1. The standard InChI is InChI=1S/C18H25ClN2O/c19-17-10-13(8-9-20-17)18(22)14-4-3-5-15(18)12-21(11-14)16-6-1-2-7-16/h8-10,14-16,22H,1-7,11-12H2/t14-,15+,18?. The van der Waals surface area contributed by atoms with Gasteiger partial charge in [-0.2, -0.15) is 0 Å². The summed E-state index contributed by atoms with van der Waals surface area (Å²) in [7, 11) is 0. The van der Waals surface area contributed by atoms with Crippen LogP contribution < -0.4 is 0 Å². The predicted molar refractivity (Wildman–Crippen MR) is 87.8 cm³/mol. The van der Waals surface area contributed by atoms with Crippen molar-refractivity contribution in [2.75, 3.05) is 13.1 Å². The maximum atomic E-state index is 11.6. The van der Waals surface area contributed by atoms with E-state index in [1.807, 2.05) is 12.1 Å². The van der Waals surface area contributed by atoms with Gasteiger partial charge in [-0.1, -0.05) is 30.9 Å². The molecular formula is C18H25ClN2O. The number of aromatic nitrogens is 1. The van der Waals surface area contributed by atoms with Gasteiger partial charge in [0.05, 0.1) is 5.60 Å². The minimum absolute atomic E-state index is 0.332. The molecular weight excluding hydrogens is 296 g/mol. The molecule has 4 heteroatoms. The second-order valence-corrected chi connectivity index (χ2v) is 7.80. The molecule has 3 aliphatic rings. The molecule has 1 aliphatic heterocycles. The number of aliphatic hydroxyl groups is 1. The van der Waals surface area contributed by atoms with Crippen molar-refractivity contribution in [2.24, 2.45) is 11.8 Å². The van der Waals surface area contributed by atoms with Crippen LogP contribution in [0.2, 0.25) is 5.15 Å². The summed E-state index contributed by atoms with van der Waals surface area (Å²) in [5, 5.41) is 12.1. The van der Waals surface area contributed by atoms with E-state index in [0.29, 0.717) is 17.0 Å². The third-order valence-corrected chi connectivity index (χ3v) is 6.50. The van der Waals surface area contributed by atoms with Crippen LogP contribution in [0.1, 0.15) is 50.5 Å². The lowest BCUT2D eigenvalue weighted by Gasteiger charge is -2.54. The first-order valence-corrected chi connectivity index (χ1v) is 9.14. The molecule has 120 valence electrons. The average molecular weight is 321 g/mol. The Labute approximate surface area is 137 Å². The number of pyridine rings is 1. The van der Waals surface area contributed by atoms with Crippen LogP contribution in [0.3, 0.4) is 0 Å². The smallest absolute Gasteiger partial charge is 0.129 e. The second kappa shape index (κ2) is 5.77. The van der Waals surface area contributed by atoms with Gasteiger partial charge in [-0.3, -0.25) is 4.90 Å². The Bertz CT molecular complexity index is 530. The zero-order valence-electron chi connectivity index (χ0n) is 13.0. The molecule has 1 N–H and O–H groups in total. The summed E-state index contributed by atoms with van der Waals surface area (Å²) in [5.41, 5.74) is 0.271. The molecule has 0 amide bonds. The van der Waals surface area contributed by atoms with Gasteiger partial charge in [-0.25, -0.2) is 4.98 Å². The third kappa shape index (κ3) is 2.38. The van der Waals surface area contributed by atoms with Crippen LogP contribution in [-0.4, -0.2) is 34.1 Å². The summed E-state index contributed by atoms with van der Waals surface area (Å²) in [6.07, 6.45) is 10.7. The van der Waals surface area contributed by atoms with Crippen LogP contribution >= 0.6 is 11.6 Å². The van der Waals surface area contributed by atoms with Crippen LogP contribution in [0.15, 0.2) is 18.3 Å². The molecule has 2 heterocycles. The van der Waals surface area contributed by atoms with Crippen molar-refractivity contribution in [3.63, 3.8) is 0 Å². The number of halogens is 1. The van der Waals surface area contributed by atoms with Gasteiger partial charge >= 0.3 is 0 Å². The van der Waals surface area contributed by atoms with E-state index in [1.165, 1.54) is 32.1 Å². The van der Waals surface area contributed by atoms with E-state index >= 15 is 0 Å². The summed E-state index contributed by atoms with van der Waals surface area (Å²) >= 11 is 6.08. The Morgan fingerprint density at radius 1 is 1.09 bits per heavy atom. The maximum Gasteiger partial charge on any atom is 0.129 e. The minimum atomic E-state index is -0.708. The average Bonchev–Trinajstić information content (AvgIpc) is 3.01. The van der Waals surface area contributed by atoms with Gasteiger partial charge in [0.1, 0.15) is 5.15 Å². The SMILES string of the molecule is OC1(c2ccnc(Cl)c2)[C@@H]2CCC[C@H]1CN(C1CCCC1)C2. The van der Waals surface area contributed by atoms with Crippen molar-refractivity contribution < 1.29 is 5.11 Å². The molecule has 2 aliphatic carbocycles. The summed E-state index contributed by atoms with van der Waals surface area (Å²) in [6, 6.07) is 4.59. The molecule has 3 atom stereocenters. The van der Waals surface area contributed by atoms with Gasteiger partial charge in [-0.05, 0) is 43.4 Å². The van der Waals surface area contributed by atoms with E-state index in [-0.39, 0.29) is 0 Å². The summed E-state index contributed by atoms with van der Waals surface area (Å²) in [6.45, 7) is 2.08. The second-order valence-electron chi connectivity index (χ2n) is 7.41. The molecule has 22 heavy (non-hydrogen) atoms. The highest BCUT2D eigenvalue weighted by molar-refractivity contribution is 6.29. The first-order chi connectivity index (χ1) is 10.7. The van der Waals surface area contributed by atoms with Crippen molar-refractivity contribution >= 4 is 11.6 Å². The monoisotopic (exact) mass is 320 g/mol. The number of nitrogens with zero attached hydrogens (tertiary/aromatic N) is 2. The molecule has 1 unspecified atom stereocenters. The number of hydrogen-bond acceptors (Lipinski definition) is 3. The largest absolute Gasteiger partial charge is 0.384 e. The molecule has 2 saturated carbocycles. The Morgan fingerprint density at radius 2 is 1.77 bits per heavy atom. The van der Waals surface area contributed by atoms with Gasteiger partial charge in [0.2, 0.25) is 0 Å². The predicted octanol–water partition coefficient (Wildman–Crippen LogP) is 3.60. The highest BCUT2D eigenvalue weighted by Crippen LogP contribution is 2.50. The first-order valence-electron chi connectivity index (χ1n) is 8.76. The number of likely N-dealkylation sites (tertiary alicyclic amines) is 1. The zero-order chi connectivity index (χ0) is 15.2. The van der Waals surface area contributed by atoms with Crippen molar-refractivity contribution in [1.82, 2.24) is 9.88 Å². The Morgan fingerprint density at radius 3 is 2.41 bits per heavy atom. The normalized spacial score (nSPS) is 36.6. The van der Waals surface area contributed by atoms with Gasteiger partial charge in [0, 0.05) is 37.2 Å². The van der Waals surface area contributed by atoms with Gasteiger partial charge in [-0.15, -0.1) is 0 Å². The van der Waals surface area contributed by atoms with Gasteiger partial charge in [0.15, 0.2) is 0 Å². The highest BCUT2D eigenvalue weighted by atomic mass is 35.5. The molecule has 0 spiro atoms. The first kappa shape index (κ1) is 14.9. The van der Waals surface area contributed by atoms with E-state index < -0.39 is 5.60 Å². The number of fused-ring (bicyclic) bond motifs is 2. The van der Waals surface area contributed by atoms with E-state index in [2.05, 4.69) is 9.88 Å². The topological polar surface area (TPSA) is 36.4 Å². The van der Waals surface area contributed by atoms with E-state index in [4.69, 9.17) is 11.6 Å². The van der Waals surface area contributed by atoms with Crippen molar-refractivity contribution in [2.45, 2.75) is 56.6 Å². The molecule has 1 saturated heterocycles. The summed E-state index contributed by atoms with van der Waals surface area (Å²) in [5.74, 6) is 0.665. The van der Waals surface area contributed by atoms with Crippen molar-refractivity contribution in [3.8, 4) is 0 Å². The fourth-order valence-corrected chi connectivity index (χ4v) is 5.35. The number of rotatable bonds is 2. The lowest BCUT2D eigenvalue weighted by atomic mass is 9.62. The Kier molecular flexibility index (Phi) is 3.91. The fraction of sp³-hybridized carbons (Fsp3) is 0.722. The summed E-state index contributed by atoms with van der Waals surface area (Å²) in [4.78, 5) is 6.76. The molecule has 0 radical (unpaired) electrons. The van der Waals surface area contributed by atoms with Crippen molar-refractivity contribution in [3.05, 3.63) is 29.0 Å². The lowest BCUT2D eigenvalue weighted by Crippen LogP contribution is -2.59. The highest BCUT2D eigenvalue weighted by Gasteiger charge is 2.52. The lowest BCUT2D eigenvalue weighted by molar-refractivity contribution is -0.153. The molecule has 2 bridgehead atoms. The summed E-state index contributed by atoms with van der Waals surface area (Å²) < 4.78 is 0. The van der Waals surface area contributed by atoms with Crippen LogP contribution in [-0.2, 0) is 5.60 Å². The Balaban J connectivity index is 1.64. The van der Waals surface area contributed by atoms with Gasteiger partial charge in [0.25, 0.3) is 0 Å². The van der Waals surface area contributed by atoms with Crippen LogP contribution in [0.25, 0.3) is 0 Å². The molecule has 1 aromatic rings. The molecule has 0 aromatic carbocycles. The molecule has 3 fully saturated rings. The van der Waals surface area contributed by atoms with Crippen LogP contribution in [0.4, 0.5) is 0 Å². The Hall–Kier alpha value is -0.640. The third-order valence-electron chi connectivity index (χ3n) is 6.29. The molecule has 1 aromatic heterocycles. The molecule has 3 nitrogen and oxygen atoms in total.